The van der Waals surface area contributed by atoms with Crippen molar-refractivity contribution in [2.75, 3.05) is 17.7 Å². The minimum absolute atomic E-state index is 0.219. The predicted molar refractivity (Wildman–Crippen MR) is 99.3 cm³/mol. The largest absolute Gasteiger partial charge is 0.495 e. The van der Waals surface area contributed by atoms with E-state index in [1.807, 2.05) is 37.3 Å². The highest BCUT2D eigenvalue weighted by molar-refractivity contribution is 6.03. The second-order valence-corrected chi connectivity index (χ2v) is 5.62. The maximum absolute atomic E-state index is 12.4. The Bertz CT molecular complexity index is 882. The van der Waals surface area contributed by atoms with Gasteiger partial charge in [-0.2, -0.15) is 0 Å². The first-order valence-corrected chi connectivity index (χ1v) is 8.07. The Labute approximate surface area is 151 Å². The monoisotopic (exact) mass is 349 g/mol. The lowest BCUT2D eigenvalue weighted by Crippen LogP contribution is -2.15. The van der Waals surface area contributed by atoms with Crippen LogP contribution in [0.2, 0.25) is 0 Å². The number of aromatic nitrogens is 3. The van der Waals surface area contributed by atoms with E-state index in [-0.39, 0.29) is 11.6 Å². The van der Waals surface area contributed by atoms with Crippen molar-refractivity contribution < 1.29 is 9.53 Å². The molecule has 7 heteroatoms. The van der Waals surface area contributed by atoms with Crippen molar-refractivity contribution in [3.8, 4) is 5.75 Å². The van der Waals surface area contributed by atoms with Crippen LogP contribution >= 0.6 is 0 Å². The standard InChI is InChI=1S/C19H19N5O2/c1-13-6-7-17(26-2)15(9-13)24-19(25)16-11-23-18(12-21-16)22-10-14-5-3-4-8-20-14/h3-9,11-12H,10H2,1-2H3,(H,22,23)(H,24,25). The molecule has 3 aromatic rings. The lowest BCUT2D eigenvalue weighted by molar-refractivity contribution is 0.102. The zero-order chi connectivity index (χ0) is 18.4. The topological polar surface area (TPSA) is 89.0 Å². The average Bonchev–Trinajstić information content (AvgIpc) is 2.68. The van der Waals surface area contributed by atoms with Gasteiger partial charge in [0.2, 0.25) is 0 Å². The van der Waals surface area contributed by atoms with E-state index in [2.05, 4.69) is 25.6 Å². The van der Waals surface area contributed by atoms with Crippen molar-refractivity contribution in [2.45, 2.75) is 13.5 Å². The Hall–Kier alpha value is -3.48. The first-order valence-electron chi connectivity index (χ1n) is 8.07. The number of ether oxygens (including phenoxy) is 1. The van der Waals surface area contributed by atoms with E-state index in [1.54, 1.807) is 19.4 Å². The SMILES string of the molecule is COc1ccc(C)cc1NC(=O)c1cnc(NCc2ccccn2)cn1. The van der Waals surface area contributed by atoms with E-state index in [1.165, 1.54) is 12.4 Å². The van der Waals surface area contributed by atoms with E-state index in [0.29, 0.717) is 23.8 Å². The molecule has 0 radical (unpaired) electrons. The van der Waals surface area contributed by atoms with Crippen LogP contribution in [-0.4, -0.2) is 28.0 Å². The number of carbonyl (C=O) groups excluding carboxylic acids is 1. The van der Waals surface area contributed by atoms with Crippen LogP contribution < -0.4 is 15.4 Å². The van der Waals surface area contributed by atoms with Gasteiger partial charge in [-0.25, -0.2) is 9.97 Å². The third kappa shape index (κ3) is 4.32. The van der Waals surface area contributed by atoms with Gasteiger partial charge in [-0.3, -0.25) is 9.78 Å². The van der Waals surface area contributed by atoms with Gasteiger partial charge in [0, 0.05) is 6.20 Å². The van der Waals surface area contributed by atoms with Crippen LogP contribution in [0.4, 0.5) is 11.5 Å². The normalized spacial score (nSPS) is 10.2. The molecule has 0 aliphatic rings. The summed E-state index contributed by atoms with van der Waals surface area (Å²) >= 11 is 0. The van der Waals surface area contributed by atoms with Crippen molar-refractivity contribution >= 4 is 17.4 Å². The van der Waals surface area contributed by atoms with Crippen LogP contribution in [0, 0.1) is 6.92 Å². The van der Waals surface area contributed by atoms with Gasteiger partial charge < -0.3 is 15.4 Å². The number of benzene rings is 1. The molecular weight excluding hydrogens is 330 g/mol. The van der Waals surface area contributed by atoms with Gasteiger partial charge in [0.1, 0.15) is 17.3 Å². The van der Waals surface area contributed by atoms with Gasteiger partial charge in [0.15, 0.2) is 0 Å². The van der Waals surface area contributed by atoms with Gasteiger partial charge in [0.25, 0.3) is 5.91 Å². The number of aryl methyl sites for hydroxylation is 1. The summed E-state index contributed by atoms with van der Waals surface area (Å²) in [7, 11) is 1.56. The van der Waals surface area contributed by atoms with Gasteiger partial charge in [-0.05, 0) is 36.8 Å². The molecule has 1 amide bonds. The van der Waals surface area contributed by atoms with Crippen LogP contribution in [-0.2, 0) is 6.54 Å². The molecule has 26 heavy (non-hydrogen) atoms. The maximum Gasteiger partial charge on any atom is 0.275 e. The Morgan fingerprint density at radius 1 is 1.12 bits per heavy atom. The molecule has 2 aromatic heterocycles. The molecule has 0 aliphatic carbocycles. The third-order valence-electron chi connectivity index (χ3n) is 3.66. The lowest BCUT2D eigenvalue weighted by atomic mass is 10.2. The summed E-state index contributed by atoms with van der Waals surface area (Å²) in [6.07, 6.45) is 4.68. The smallest absolute Gasteiger partial charge is 0.275 e. The molecule has 2 heterocycles. The summed E-state index contributed by atoms with van der Waals surface area (Å²) in [5.41, 5.74) is 2.72. The molecule has 0 saturated carbocycles. The summed E-state index contributed by atoms with van der Waals surface area (Å²) in [5.74, 6) is 0.809. The molecule has 0 bridgehead atoms. The van der Waals surface area contributed by atoms with E-state index < -0.39 is 0 Å². The summed E-state index contributed by atoms with van der Waals surface area (Å²) < 4.78 is 5.26. The quantitative estimate of drug-likeness (QED) is 0.711. The van der Waals surface area contributed by atoms with Crippen molar-refractivity contribution in [2.24, 2.45) is 0 Å². The minimum atomic E-state index is -0.349. The van der Waals surface area contributed by atoms with Gasteiger partial charge >= 0.3 is 0 Å². The highest BCUT2D eigenvalue weighted by Crippen LogP contribution is 2.25. The Kier molecular flexibility index (Phi) is 5.38. The number of rotatable bonds is 6. The molecule has 0 saturated heterocycles. The molecule has 0 unspecified atom stereocenters. The average molecular weight is 349 g/mol. The van der Waals surface area contributed by atoms with Gasteiger partial charge in [0.05, 0.1) is 37.4 Å². The first kappa shape index (κ1) is 17.3. The number of methoxy groups -OCH3 is 1. The van der Waals surface area contributed by atoms with E-state index in [0.717, 1.165) is 11.3 Å². The fourth-order valence-electron chi connectivity index (χ4n) is 2.33. The maximum atomic E-state index is 12.4. The second kappa shape index (κ2) is 8.06. The number of hydrogen-bond acceptors (Lipinski definition) is 6. The number of carbonyl (C=O) groups is 1. The molecule has 132 valence electrons. The third-order valence-corrected chi connectivity index (χ3v) is 3.66. The molecule has 7 nitrogen and oxygen atoms in total. The van der Waals surface area contributed by atoms with Crippen LogP contribution in [0.15, 0.2) is 55.0 Å². The molecule has 1 aromatic carbocycles. The molecule has 3 rings (SSSR count). The fraction of sp³-hybridized carbons (Fsp3) is 0.158. The van der Waals surface area contributed by atoms with Crippen LogP contribution in [0.1, 0.15) is 21.7 Å². The Morgan fingerprint density at radius 3 is 2.69 bits per heavy atom. The predicted octanol–water partition coefficient (Wildman–Crippen LogP) is 3.05. The highest BCUT2D eigenvalue weighted by Gasteiger charge is 2.12. The molecule has 0 aliphatic heterocycles. The second-order valence-electron chi connectivity index (χ2n) is 5.62. The van der Waals surface area contributed by atoms with Crippen LogP contribution in [0.5, 0.6) is 5.75 Å². The van der Waals surface area contributed by atoms with Crippen LogP contribution in [0.25, 0.3) is 0 Å². The lowest BCUT2D eigenvalue weighted by Gasteiger charge is -2.11. The number of pyridine rings is 1. The summed E-state index contributed by atoms with van der Waals surface area (Å²) in [6.45, 7) is 2.47. The number of amides is 1. The molecule has 0 atom stereocenters. The van der Waals surface area contributed by atoms with Crippen molar-refractivity contribution in [1.29, 1.82) is 0 Å². The van der Waals surface area contributed by atoms with Crippen molar-refractivity contribution in [1.82, 2.24) is 15.0 Å². The molecule has 0 spiro atoms. The van der Waals surface area contributed by atoms with Crippen molar-refractivity contribution in [3.05, 3.63) is 71.9 Å². The summed E-state index contributed by atoms with van der Waals surface area (Å²) in [4.78, 5) is 25.0. The number of hydrogen-bond donors (Lipinski definition) is 2. The number of nitrogens with zero attached hydrogens (tertiary/aromatic N) is 3. The van der Waals surface area contributed by atoms with E-state index in [9.17, 15) is 4.79 Å². The van der Waals surface area contributed by atoms with Gasteiger partial charge in [-0.15, -0.1) is 0 Å². The molecule has 2 N–H and O–H groups in total. The molecule has 0 fully saturated rings. The Balaban J connectivity index is 1.64. The van der Waals surface area contributed by atoms with E-state index in [4.69, 9.17) is 4.74 Å². The van der Waals surface area contributed by atoms with Crippen molar-refractivity contribution in [3.63, 3.8) is 0 Å². The number of nitrogens with one attached hydrogen (secondary N) is 2. The zero-order valence-electron chi connectivity index (χ0n) is 14.6. The van der Waals surface area contributed by atoms with Crippen LogP contribution in [0.3, 0.4) is 0 Å². The minimum Gasteiger partial charge on any atom is -0.495 e. The van der Waals surface area contributed by atoms with E-state index >= 15 is 0 Å². The zero-order valence-corrected chi connectivity index (χ0v) is 14.6. The molecular formula is C19H19N5O2. The Morgan fingerprint density at radius 2 is 2.00 bits per heavy atom. The number of anilines is 2. The summed E-state index contributed by atoms with van der Waals surface area (Å²) in [5, 5.41) is 5.91. The summed E-state index contributed by atoms with van der Waals surface area (Å²) in [6, 6.07) is 11.3. The van der Waals surface area contributed by atoms with Gasteiger partial charge in [-0.1, -0.05) is 12.1 Å². The first-order chi connectivity index (χ1) is 12.7. The fourth-order valence-corrected chi connectivity index (χ4v) is 2.33. The highest BCUT2D eigenvalue weighted by atomic mass is 16.5.